The summed E-state index contributed by atoms with van der Waals surface area (Å²) in [4.78, 5) is 65.7. The second-order valence-corrected chi connectivity index (χ2v) is 10.7. The number of carboxylic acids is 1. The number of aliphatic imine (C=N–C) groups is 1. The summed E-state index contributed by atoms with van der Waals surface area (Å²) in [6, 6.07) is 3.20. The number of nitrogens with zero attached hydrogens (tertiary/aromatic N) is 2. The van der Waals surface area contributed by atoms with Crippen molar-refractivity contribution in [3.05, 3.63) is 54.2 Å². The number of nitrogens with two attached hydrogens (primary N) is 4. The maximum atomic E-state index is 13.6. The minimum absolute atomic E-state index is 0.0394. The molecule has 0 aliphatic rings. The Morgan fingerprint density at radius 3 is 2.20 bits per heavy atom. The van der Waals surface area contributed by atoms with Crippen LogP contribution in [-0.2, 0) is 32.0 Å². The Hall–Kier alpha value is -4.96. The molecule has 3 amide bonds. The molecule has 14 N–H and O–H groups in total. The van der Waals surface area contributed by atoms with E-state index in [4.69, 9.17) is 22.9 Å². The average molecular weight is 626 g/mol. The van der Waals surface area contributed by atoms with Crippen LogP contribution in [-0.4, -0.2) is 87.0 Å². The fourth-order valence-corrected chi connectivity index (χ4v) is 4.80. The Morgan fingerprint density at radius 1 is 0.889 bits per heavy atom. The molecule has 0 spiro atoms. The van der Waals surface area contributed by atoms with Gasteiger partial charge in [0, 0.05) is 42.0 Å². The summed E-state index contributed by atoms with van der Waals surface area (Å²) in [5.41, 5.74) is 25.0. The number of carbonyl (C=O) groups is 4. The Balaban J connectivity index is 1.72. The zero-order chi connectivity index (χ0) is 32.8. The highest BCUT2D eigenvalue weighted by atomic mass is 16.4. The van der Waals surface area contributed by atoms with Crippen molar-refractivity contribution in [1.29, 1.82) is 0 Å². The van der Waals surface area contributed by atoms with E-state index in [2.05, 4.69) is 35.9 Å². The van der Waals surface area contributed by atoms with Gasteiger partial charge in [0.15, 0.2) is 5.96 Å². The van der Waals surface area contributed by atoms with Gasteiger partial charge in [-0.2, -0.15) is 0 Å². The van der Waals surface area contributed by atoms with E-state index in [0.717, 1.165) is 16.5 Å². The smallest absolute Gasteiger partial charge is 0.326 e. The highest BCUT2D eigenvalue weighted by molar-refractivity contribution is 5.94. The Bertz CT molecular complexity index is 1440. The molecule has 3 aromatic rings. The van der Waals surface area contributed by atoms with Crippen LogP contribution < -0.4 is 38.9 Å². The predicted octanol–water partition coefficient (Wildman–Crippen LogP) is -1.27. The molecule has 4 unspecified atom stereocenters. The number of fused-ring (bicyclic) bond motifs is 1. The summed E-state index contributed by atoms with van der Waals surface area (Å²) in [7, 11) is 0. The van der Waals surface area contributed by atoms with Crippen LogP contribution in [0.2, 0.25) is 0 Å². The number of nitrogens with one attached hydrogen (secondary N) is 5. The van der Waals surface area contributed by atoms with Crippen LogP contribution in [0.3, 0.4) is 0 Å². The number of carboxylic acid groups (broad SMARTS) is 1. The predicted molar refractivity (Wildman–Crippen MR) is 169 cm³/mol. The van der Waals surface area contributed by atoms with Crippen molar-refractivity contribution in [1.82, 2.24) is 30.9 Å². The molecule has 0 bridgehead atoms. The van der Waals surface area contributed by atoms with Gasteiger partial charge in [-0.1, -0.05) is 18.2 Å². The highest BCUT2D eigenvalue weighted by Crippen LogP contribution is 2.19. The molecule has 16 nitrogen and oxygen atoms in total. The Kier molecular flexibility index (Phi) is 13.3. The molecule has 0 radical (unpaired) electrons. The van der Waals surface area contributed by atoms with Gasteiger partial charge in [0.25, 0.3) is 0 Å². The first-order valence-corrected chi connectivity index (χ1v) is 14.8. The molecule has 3 rings (SSSR count). The van der Waals surface area contributed by atoms with Crippen LogP contribution in [0.1, 0.15) is 43.4 Å². The maximum Gasteiger partial charge on any atom is 0.326 e. The summed E-state index contributed by atoms with van der Waals surface area (Å²) >= 11 is 0. The zero-order valence-corrected chi connectivity index (χ0v) is 25.0. The lowest BCUT2D eigenvalue weighted by atomic mass is 10.0. The van der Waals surface area contributed by atoms with Crippen LogP contribution >= 0.6 is 0 Å². The number of para-hydroxylation sites is 1. The third-order valence-corrected chi connectivity index (χ3v) is 7.20. The number of aromatic amines is 2. The number of H-pyrrole nitrogens is 2. The van der Waals surface area contributed by atoms with Crippen LogP contribution in [0, 0.1) is 0 Å². The van der Waals surface area contributed by atoms with Crippen molar-refractivity contribution < 1.29 is 24.3 Å². The van der Waals surface area contributed by atoms with Gasteiger partial charge in [-0.25, -0.2) is 9.78 Å². The summed E-state index contributed by atoms with van der Waals surface area (Å²) in [6.45, 7) is 0.579. The van der Waals surface area contributed by atoms with Crippen molar-refractivity contribution >= 4 is 40.6 Å². The largest absolute Gasteiger partial charge is 0.480 e. The number of unbranched alkanes of at least 4 members (excludes halogenated alkanes) is 1. The van der Waals surface area contributed by atoms with Gasteiger partial charge in [0.1, 0.15) is 18.1 Å². The molecular weight excluding hydrogens is 582 g/mol. The highest BCUT2D eigenvalue weighted by Gasteiger charge is 2.30. The zero-order valence-electron chi connectivity index (χ0n) is 25.0. The van der Waals surface area contributed by atoms with Crippen LogP contribution in [0.15, 0.2) is 48.0 Å². The van der Waals surface area contributed by atoms with Crippen molar-refractivity contribution in [3.8, 4) is 0 Å². The van der Waals surface area contributed by atoms with Crippen LogP contribution in [0.4, 0.5) is 0 Å². The lowest BCUT2D eigenvalue weighted by Crippen LogP contribution is -2.57. The van der Waals surface area contributed by atoms with Gasteiger partial charge >= 0.3 is 5.97 Å². The molecule has 16 heteroatoms. The van der Waals surface area contributed by atoms with Crippen molar-refractivity contribution in [2.45, 2.75) is 69.1 Å². The molecule has 45 heavy (non-hydrogen) atoms. The van der Waals surface area contributed by atoms with Crippen molar-refractivity contribution in [2.24, 2.45) is 27.9 Å². The summed E-state index contributed by atoms with van der Waals surface area (Å²) in [5.74, 6) is -3.24. The minimum atomic E-state index is -1.27. The van der Waals surface area contributed by atoms with Crippen molar-refractivity contribution in [3.63, 3.8) is 0 Å². The molecule has 0 saturated carbocycles. The first-order chi connectivity index (χ1) is 21.6. The third kappa shape index (κ3) is 10.9. The topological polar surface area (TPSA) is 286 Å². The number of aliphatic carboxylic acids is 1. The minimum Gasteiger partial charge on any atom is -0.480 e. The van der Waals surface area contributed by atoms with Crippen LogP contribution in [0.25, 0.3) is 10.9 Å². The van der Waals surface area contributed by atoms with Gasteiger partial charge in [-0.3, -0.25) is 19.4 Å². The molecule has 0 aliphatic heterocycles. The molecule has 0 saturated heterocycles. The monoisotopic (exact) mass is 625 g/mol. The normalized spacial score (nSPS) is 13.7. The van der Waals surface area contributed by atoms with Gasteiger partial charge in [0.2, 0.25) is 17.7 Å². The number of rotatable bonds is 19. The number of imidazole rings is 1. The van der Waals surface area contributed by atoms with E-state index < -0.39 is 47.9 Å². The summed E-state index contributed by atoms with van der Waals surface area (Å²) in [6.07, 6.45) is 6.57. The van der Waals surface area contributed by atoms with E-state index in [1.807, 2.05) is 24.3 Å². The van der Waals surface area contributed by atoms with E-state index in [-0.39, 0.29) is 38.2 Å². The molecular formula is C29H43N11O5. The second kappa shape index (κ2) is 17.4. The number of benzene rings is 1. The van der Waals surface area contributed by atoms with Crippen LogP contribution in [0.5, 0.6) is 0 Å². The number of aromatic nitrogens is 3. The molecule has 1 aromatic carbocycles. The van der Waals surface area contributed by atoms with Gasteiger partial charge < -0.3 is 54.0 Å². The quantitative estimate of drug-likeness (QED) is 0.0428. The standard InChI is InChI=1S/C29H43N11O5/c30-10-4-3-8-22(27(43)40-24(28(44)45)13-18-15-34-16-37-18)39-26(42)23(9-5-11-35-29(32)33)38-25(41)20(31)12-17-14-36-21-7-2-1-6-19(17)21/h1-2,6-7,14-16,20,22-24,36H,3-5,8-13,30-31H2,(H,34,37)(H,38,41)(H,39,42)(H,40,43)(H,44,45)(H4,32,33,35). The fourth-order valence-electron chi connectivity index (χ4n) is 4.80. The SMILES string of the molecule is NCCCCC(NC(=O)C(CCCN=C(N)N)NC(=O)C(N)Cc1c[nH]c2ccccc12)C(=O)NC(Cc1cnc[nH]1)C(=O)O. The van der Waals surface area contributed by atoms with E-state index in [9.17, 15) is 24.3 Å². The molecule has 2 aromatic heterocycles. The first-order valence-electron chi connectivity index (χ1n) is 14.8. The third-order valence-electron chi connectivity index (χ3n) is 7.20. The molecule has 0 aliphatic carbocycles. The van der Waals surface area contributed by atoms with E-state index in [1.165, 1.54) is 12.5 Å². The van der Waals surface area contributed by atoms with Crippen molar-refractivity contribution in [2.75, 3.05) is 13.1 Å². The van der Waals surface area contributed by atoms with Gasteiger partial charge in [0.05, 0.1) is 12.4 Å². The van der Waals surface area contributed by atoms with E-state index in [0.29, 0.717) is 31.5 Å². The number of guanidine groups is 1. The summed E-state index contributed by atoms with van der Waals surface area (Å²) in [5, 5.41) is 18.5. The number of hydrogen-bond acceptors (Lipinski definition) is 8. The Morgan fingerprint density at radius 2 is 1.56 bits per heavy atom. The molecule has 4 atom stereocenters. The number of carbonyl (C=O) groups excluding carboxylic acids is 3. The molecule has 2 heterocycles. The second-order valence-electron chi connectivity index (χ2n) is 10.7. The Labute approximate surface area is 260 Å². The molecule has 244 valence electrons. The summed E-state index contributed by atoms with van der Waals surface area (Å²) < 4.78 is 0. The average Bonchev–Trinajstić information content (AvgIpc) is 3.67. The van der Waals surface area contributed by atoms with E-state index in [1.54, 1.807) is 6.20 Å². The maximum absolute atomic E-state index is 13.6. The molecule has 0 fully saturated rings. The first kappa shape index (κ1) is 34.5. The van der Waals surface area contributed by atoms with E-state index >= 15 is 0 Å². The lowest BCUT2D eigenvalue weighted by Gasteiger charge is -2.25. The van der Waals surface area contributed by atoms with Gasteiger partial charge in [-0.15, -0.1) is 0 Å². The number of amides is 3. The fraction of sp³-hybridized carbons (Fsp3) is 0.448. The number of hydrogen-bond donors (Lipinski definition) is 10. The van der Waals surface area contributed by atoms with Gasteiger partial charge in [-0.05, 0) is 56.7 Å². The lowest BCUT2D eigenvalue weighted by molar-refractivity contribution is -0.142.